The first-order chi connectivity index (χ1) is 9.84. The summed E-state index contributed by atoms with van der Waals surface area (Å²) in [4.78, 5) is 5.02. The van der Waals surface area contributed by atoms with E-state index in [1.807, 2.05) is 0 Å². The zero-order valence-corrected chi connectivity index (χ0v) is 12.4. The summed E-state index contributed by atoms with van der Waals surface area (Å²) in [6.07, 6.45) is 4.10. The highest BCUT2D eigenvalue weighted by molar-refractivity contribution is 4.87. The quantitative estimate of drug-likeness (QED) is 0.791. The third-order valence-corrected chi connectivity index (χ3v) is 5.09. The van der Waals surface area contributed by atoms with E-state index in [1.165, 1.54) is 0 Å². The molecule has 3 aliphatic rings. The van der Waals surface area contributed by atoms with Crippen LogP contribution in [-0.2, 0) is 9.47 Å². The molecule has 3 fully saturated rings. The van der Waals surface area contributed by atoms with Crippen LogP contribution in [0.3, 0.4) is 0 Å². The maximum absolute atomic E-state index is 10.5. The summed E-state index contributed by atoms with van der Waals surface area (Å²) >= 11 is 0. The van der Waals surface area contributed by atoms with E-state index in [4.69, 9.17) is 9.47 Å². The van der Waals surface area contributed by atoms with Crippen LogP contribution in [0, 0.1) is 0 Å². The summed E-state index contributed by atoms with van der Waals surface area (Å²) in [5, 5.41) is 10.5. The summed E-state index contributed by atoms with van der Waals surface area (Å²) in [6.45, 7) is 7.52. The van der Waals surface area contributed by atoms with Crippen LogP contribution in [0.4, 0.5) is 0 Å². The molecular weight excluding hydrogens is 256 g/mol. The second-order valence-electron chi connectivity index (χ2n) is 6.24. The third kappa shape index (κ3) is 3.52. The molecule has 0 spiro atoms. The number of nitrogens with zero attached hydrogens (tertiary/aromatic N) is 2. The van der Waals surface area contributed by atoms with Gasteiger partial charge in [0.25, 0.3) is 0 Å². The number of hydrogen-bond donors (Lipinski definition) is 1. The van der Waals surface area contributed by atoms with Crippen molar-refractivity contribution in [3.05, 3.63) is 0 Å². The Morgan fingerprint density at radius 3 is 2.10 bits per heavy atom. The molecule has 20 heavy (non-hydrogen) atoms. The minimum Gasteiger partial charge on any atom is -0.391 e. The highest BCUT2D eigenvalue weighted by atomic mass is 16.5. The van der Waals surface area contributed by atoms with Crippen molar-refractivity contribution in [1.29, 1.82) is 0 Å². The van der Waals surface area contributed by atoms with Crippen LogP contribution in [0.2, 0.25) is 0 Å². The Kier molecular flexibility index (Phi) is 5.29. The molecule has 5 nitrogen and oxygen atoms in total. The van der Waals surface area contributed by atoms with Crippen molar-refractivity contribution in [3.8, 4) is 0 Å². The van der Waals surface area contributed by atoms with Crippen molar-refractivity contribution in [2.24, 2.45) is 0 Å². The molecule has 0 saturated carbocycles. The minimum atomic E-state index is -0.182. The largest absolute Gasteiger partial charge is 0.391 e. The fourth-order valence-corrected chi connectivity index (χ4v) is 3.84. The van der Waals surface area contributed by atoms with Crippen LogP contribution in [0.1, 0.15) is 25.7 Å². The molecule has 0 aliphatic carbocycles. The SMILES string of the molecule is O[C@H]1CCN(C2CCOCC2)CC[C@@H]1N1CCOCC1. The van der Waals surface area contributed by atoms with Crippen LogP contribution in [0.15, 0.2) is 0 Å². The fraction of sp³-hybridized carbons (Fsp3) is 1.00. The highest BCUT2D eigenvalue weighted by Gasteiger charge is 2.32. The van der Waals surface area contributed by atoms with Gasteiger partial charge in [0.2, 0.25) is 0 Å². The van der Waals surface area contributed by atoms with Gasteiger partial charge in [-0.3, -0.25) is 4.90 Å². The van der Waals surface area contributed by atoms with Crippen molar-refractivity contribution >= 4 is 0 Å². The molecule has 0 aromatic rings. The Morgan fingerprint density at radius 2 is 1.35 bits per heavy atom. The first kappa shape index (κ1) is 14.7. The maximum Gasteiger partial charge on any atom is 0.0708 e. The lowest BCUT2D eigenvalue weighted by Crippen LogP contribution is -2.49. The van der Waals surface area contributed by atoms with Crippen LogP contribution < -0.4 is 0 Å². The van der Waals surface area contributed by atoms with Gasteiger partial charge in [-0.25, -0.2) is 0 Å². The predicted octanol–water partition coefficient (Wildman–Crippen LogP) is 0.323. The number of likely N-dealkylation sites (tertiary alicyclic amines) is 1. The molecule has 0 aromatic carbocycles. The molecule has 3 rings (SSSR count). The van der Waals surface area contributed by atoms with E-state index >= 15 is 0 Å². The van der Waals surface area contributed by atoms with E-state index < -0.39 is 0 Å². The molecule has 116 valence electrons. The van der Waals surface area contributed by atoms with Gasteiger partial charge in [-0.1, -0.05) is 0 Å². The van der Waals surface area contributed by atoms with Crippen LogP contribution in [-0.4, -0.2) is 85.7 Å². The molecule has 0 amide bonds. The van der Waals surface area contributed by atoms with E-state index in [1.54, 1.807) is 0 Å². The third-order valence-electron chi connectivity index (χ3n) is 5.09. The average Bonchev–Trinajstić information content (AvgIpc) is 2.71. The second kappa shape index (κ2) is 7.18. The number of aliphatic hydroxyl groups is 1. The van der Waals surface area contributed by atoms with Gasteiger partial charge in [0, 0.05) is 51.5 Å². The maximum atomic E-state index is 10.5. The molecule has 3 saturated heterocycles. The number of morpholine rings is 1. The number of rotatable bonds is 2. The Hall–Kier alpha value is -0.200. The standard InChI is InChI=1S/C15H28N2O3/c18-15-2-6-16(13-3-9-19-10-4-13)5-1-14(15)17-7-11-20-12-8-17/h13-15,18H,1-12H2/t14-,15-/m0/s1. The van der Waals surface area contributed by atoms with Gasteiger partial charge in [0.1, 0.15) is 0 Å². The van der Waals surface area contributed by atoms with Gasteiger partial charge in [0.05, 0.1) is 19.3 Å². The van der Waals surface area contributed by atoms with Crippen molar-refractivity contribution in [1.82, 2.24) is 9.80 Å². The molecule has 3 aliphatic heterocycles. The second-order valence-corrected chi connectivity index (χ2v) is 6.24. The Morgan fingerprint density at radius 1 is 0.700 bits per heavy atom. The molecule has 0 radical (unpaired) electrons. The van der Waals surface area contributed by atoms with Crippen molar-refractivity contribution in [3.63, 3.8) is 0 Å². The Labute approximate surface area is 121 Å². The number of hydrogen-bond acceptors (Lipinski definition) is 5. The fourth-order valence-electron chi connectivity index (χ4n) is 3.84. The van der Waals surface area contributed by atoms with Gasteiger partial charge in [-0.2, -0.15) is 0 Å². The summed E-state index contributed by atoms with van der Waals surface area (Å²) in [5.41, 5.74) is 0. The molecule has 3 heterocycles. The van der Waals surface area contributed by atoms with E-state index in [0.717, 1.165) is 78.3 Å². The van der Waals surface area contributed by atoms with E-state index in [-0.39, 0.29) is 6.10 Å². The van der Waals surface area contributed by atoms with Crippen molar-refractivity contribution < 1.29 is 14.6 Å². The molecule has 0 aromatic heterocycles. The predicted molar refractivity (Wildman–Crippen MR) is 76.8 cm³/mol. The van der Waals surface area contributed by atoms with Gasteiger partial charge in [0.15, 0.2) is 0 Å². The Balaban J connectivity index is 1.56. The van der Waals surface area contributed by atoms with Crippen LogP contribution >= 0.6 is 0 Å². The molecule has 2 atom stereocenters. The first-order valence-corrected chi connectivity index (χ1v) is 8.16. The molecular formula is C15H28N2O3. The lowest BCUT2D eigenvalue weighted by molar-refractivity contribution is -0.0223. The van der Waals surface area contributed by atoms with Crippen LogP contribution in [0.25, 0.3) is 0 Å². The highest BCUT2D eigenvalue weighted by Crippen LogP contribution is 2.23. The van der Waals surface area contributed by atoms with Crippen molar-refractivity contribution in [2.75, 3.05) is 52.6 Å². The smallest absolute Gasteiger partial charge is 0.0708 e. The Bertz CT molecular complexity index is 291. The first-order valence-electron chi connectivity index (χ1n) is 8.16. The van der Waals surface area contributed by atoms with Gasteiger partial charge < -0.3 is 19.5 Å². The monoisotopic (exact) mass is 284 g/mol. The normalized spacial score (nSPS) is 35.9. The zero-order valence-electron chi connectivity index (χ0n) is 12.4. The van der Waals surface area contributed by atoms with E-state index in [0.29, 0.717) is 12.1 Å². The van der Waals surface area contributed by atoms with E-state index in [2.05, 4.69) is 9.80 Å². The van der Waals surface area contributed by atoms with Gasteiger partial charge >= 0.3 is 0 Å². The lowest BCUT2D eigenvalue weighted by Gasteiger charge is -2.36. The lowest BCUT2D eigenvalue weighted by atomic mass is 10.0. The van der Waals surface area contributed by atoms with Crippen molar-refractivity contribution in [2.45, 2.75) is 43.9 Å². The number of aliphatic hydroxyl groups excluding tert-OH is 1. The zero-order chi connectivity index (χ0) is 13.8. The summed E-state index contributed by atoms with van der Waals surface area (Å²) in [7, 11) is 0. The van der Waals surface area contributed by atoms with Gasteiger partial charge in [-0.05, 0) is 25.7 Å². The minimum absolute atomic E-state index is 0.182. The summed E-state index contributed by atoms with van der Waals surface area (Å²) in [6, 6.07) is 0.989. The molecule has 0 unspecified atom stereocenters. The van der Waals surface area contributed by atoms with Crippen LogP contribution in [0.5, 0.6) is 0 Å². The van der Waals surface area contributed by atoms with E-state index in [9.17, 15) is 5.11 Å². The average molecular weight is 284 g/mol. The topological polar surface area (TPSA) is 45.2 Å². The summed E-state index contributed by atoms with van der Waals surface area (Å²) in [5.74, 6) is 0. The number of ether oxygens (including phenoxy) is 2. The van der Waals surface area contributed by atoms with Gasteiger partial charge in [-0.15, -0.1) is 0 Å². The summed E-state index contributed by atoms with van der Waals surface area (Å²) < 4.78 is 10.9. The molecule has 0 bridgehead atoms. The molecule has 1 N–H and O–H groups in total. The molecule has 5 heteroatoms.